The molecule has 2 nitrogen and oxygen atoms in total. The van der Waals surface area contributed by atoms with Crippen molar-refractivity contribution in [3.63, 3.8) is 0 Å². The molecule has 0 spiro atoms. The van der Waals surface area contributed by atoms with Crippen LogP contribution < -0.4 is 10.5 Å². The van der Waals surface area contributed by atoms with E-state index in [1.54, 1.807) is 11.9 Å². The zero-order valence-electron chi connectivity index (χ0n) is 8.13. The summed E-state index contributed by atoms with van der Waals surface area (Å²) >= 11 is 1.67. The molecule has 0 aromatic rings. The normalized spacial score (nSPS) is 9.00. The van der Waals surface area contributed by atoms with Gasteiger partial charge < -0.3 is 5.73 Å². The van der Waals surface area contributed by atoms with E-state index in [0.717, 1.165) is 24.6 Å². The molecule has 0 heterocycles. The molecule has 0 aliphatic heterocycles. The maximum Gasteiger partial charge on any atom is 0.0172 e. The van der Waals surface area contributed by atoms with Crippen molar-refractivity contribution >= 4 is 33.5 Å². The first-order valence-corrected chi connectivity index (χ1v) is 7.83. The molecule has 12 heavy (non-hydrogen) atoms. The van der Waals surface area contributed by atoms with Crippen LogP contribution in [-0.4, -0.2) is 30.9 Å². The Morgan fingerprint density at radius 2 is 1.75 bits per heavy atom. The second-order valence-electron chi connectivity index (χ2n) is 1.53. The minimum atomic E-state index is 0.785. The lowest BCUT2D eigenvalue weighted by molar-refractivity contribution is 1.05. The molecular formula is C7H20N2S3. The van der Waals surface area contributed by atoms with Crippen molar-refractivity contribution in [2.24, 2.45) is 5.73 Å². The lowest BCUT2D eigenvalue weighted by Crippen LogP contribution is -2.06. The number of nitrogens with two attached hydrogens (primary N) is 1. The molecule has 0 radical (unpaired) electrons. The van der Waals surface area contributed by atoms with Gasteiger partial charge in [-0.1, -0.05) is 47.4 Å². The Hall–Kier alpha value is 0.970. The maximum absolute atomic E-state index is 5.32. The van der Waals surface area contributed by atoms with E-state index in [4.69, 9.17) is 5.73 Å². The highest BCUT2D eigenvalue weighted by atomic mass is 33.1. The van der Waals surface area contributed by atoms with E-state index in [0.29, 0.717) is 0 Å². The molecule has 0 atom stereocenters. The molecule has 0 amide bonds. The van der Waals surface area contributed by atoms with Crippen molar-refractivity contribution in [1.29, 1.82) is 0 Å². The Kier molecular flexibility index (Phi) is 23.0. The van der Waals surface area contributed by atoms with E-state index in [9.17, 15) is 0 Å². The summed E-state index contributed by atoms with van der Waals surface area (Å²) in [5.74, 6) is 2.22. The molecule has 0 unspecified atom stereocenters. The SMILES string of the molecule is CC.CSNCCSSCCN. The van der Waals surface area contributed by atoms with Gasteiger partial charge in [0.15, 0.2) is 0 Å². The summed E-state index contributed by atoms with van der Waals surface area (Å²) < 4.78 is 3.18. The zero-order valence-corrected chi connectivity index (χ0v) is 10.6. The van der Waals surface area contributed by atoms with Crippen LogP contribution >= 0.6 is 33.5 Å². The van der Waals surface area contributed by atoms with Gasteiger partial charge in [-0.25, -0.2) is 0 Å². The summed E-state index contributed by atoms with van der Waals surface area (Å²) in [6, 6.07) is 0. The topological polar surface area (TPSA) is 38.0 Å². The Morgan fingerprint density at radius 3 is 2.25 bits per heavy atom. The van der Waals surface area contributed by atoms with Crippen LogP contribution in [0.4, 0.5) is 0 Å². The summed E-state index contributed by atoms with van der Waals surface area (Å²) in [5.41, 5.74) is 5.32. The molecule has 3 N–H and O–H groups in total. The Labute approximate surface area is 88.7 Å². The minimum absolute atomic E-state index is 0.785. The van der Waals surface area contributed by atoms with Crippen LogP contribution in [0.1, 0.15) is 13.8 Å². The van der Waals surface area contributed by atoms with Crippen LogP contribution in [0.15, 0.2) is 0 Å². The fraction of sp³-hybridized carbons (Fsp3) is 1.00. The smallest absolute Gasteiger partial charge is 0.0172 e. The van der Waals surface area contributed by atoms with Gasteiger partial charge in [0, 0.05) is 24.6 Å². The van der Waals surface area contributed by atoms with Crippen molar-refractivity contribution in [3.8, 4) is 0 Å². The average molecular weight is 228 g/mol. The fourth-order valence-corrected chi connectivity index (χ4v) is 2.55. The monoisotopic (exact) mass is 228 g/mol. The molecule has 0 fully saturated rings. The first-order chi connectivity index (χ1) is 5.91. The van der Waals surface area contributed by atoms with Crippen molar-refractivity contribution in [2.75, 3.05) is 30.9 Å². The predicted octanol–water partition coefficient (Wildman–Crippen LogP) is 2.22. The van der Waals surface area contributed by atoms with Crippen LogP contribution in [0, 0.1) is 0 Å². The molecule has 0 aromatic carbocycles. The van der Waals surface area contributed by atoms with Crippen LogP contribution in [0.25, 0.3) is 0 Å². The van der Waals surface area contributed by atoms with Crippen molar-refractivity contribution in [1.82, 2.24) is 4.72 Å². The zero-order chi connectivity index (χ0) is 9.66. The average Bonchev–Trinajstić information content (AvgIpc) is 2.15. The van der Waals surface area contributed by atoms with Gasteiger partial charge in [-0.2, -0.15) is 0 Å². The molecule has 0 saturated heterocycles. The van der Waals surface area contributed by atoms with Gasteiger partial charge in [0.25, 0.3) is 0 Å². The Balaban J connectivity index is 0. The van der Waals surface area contributed by atoms with Crippen molar-refractivity contribution < 1.29 is 0 Å². The summed E-state index contributed by atoms with van der Waals surface area (Å²) in [4.78, 5) is 0. The molecular weight excluding hydrogens is 208 g/mol. The number of hydrogen-bond donors (Lipinski definition) is 2. The van der Waals surface area contributed by atoms with Gasteiger partial charge in [-0.15, -0.1) is 0 Å². The Bertz CT molecular complexity index is 56.6. The highest BCUT2D eigenvalue weighted by Crippen LogP contribution is 2.18. The molecule has 76 valence electrons. The van der Waals surface area contributed by atoms with Crippen molar-refractivity contribution in [2.45, 2.75) is 13.8 Å². The minimum Gasteiger partial charge on any atom is -0.330 e. The van der Waals surface area contributed by atoms with Gasteiger partial charge in [-0.3, -0.25) is 4.72 Å². The van der Waals surface area contributed by atoms with E-state index in [-0.39, 0.29) is 0 Å². The molecule has 5 heteroatoms. The third-order valence-electron chi connectivity index (χ3n) is 0.716. The van der Waals surface area contributed by atoms with Crippen molar-refractivity contribution in [3.05, 3.63) is 0 Å². The summed E-state index contributed by atoms with van der Waals surface area (Å²) in [5, 5.41) is 0. The third kappa shape index (κ3) is 17.2. The quantitative estimate of drug-likeness (QED) is 0.397. The lowest BCUT2D eigenvalue weighted by Gasteiger charge is -1.98. The van der Waals surface area contributed by atoms with E-state index in [1.165, 1.54) is 0 Å². The predicted molar refractivity (Wildman–Crippen MR) is 66.8 cm³/mol. The second-order valence-corrected chi connectivity index (χ2v) is 4.93. The highest BCUT2D eigenvalue weighted by Gasteiger charge is 1.87. The highest BCUT2D eigenvalue weighted by molar-refractivity contribution is 8.76. The lowest BCUT2D eigenvalue weighted by atomic mass is 10.8. The van der Waals surface area contributed by atoms with Gasteiger partial charge in [-0.05, 0) is 6.26 Å². The van der Waals surface area contributed by atoms with E-state index in [1.807, 2.05) is 41.7 Å². The second kappa shape index (κ2) is 17.9. The van der Waals surface area contributed by atoms with Crippen LogP contribution in [0.5, 0.6) is 0 Å². The van der Waals surface area contributed by atoms with Gasteiger partial charge in [0.05, 0.1) is 0 Å². The summed E-state index contributed by atoms with van der Waals surface area (Å²) in [6.07, 6.45) is 2.04. The van der Waals surface area contributed by atoms with Crippen LogP contribution in [0.2, 0.25) is 0 Å². The first-order valence-electron chi connectivity index (χ1n) is 4.12. The number of nitrogens with one attached hydrogen (secondary N) is 1. The summed E-state index contributed by atoms with van der Waals surface area (Å²) in [6.45, 7) is 5.86. The maximum atomic E-state index is 5.32. The number of hydrogen-bond acceptors (Lipinski definition) is 5. The molecule has 0 aliphatic carbocycles. The van der Waals surface area contributed by atoms with E-state index < -0.39 is 0 Å². The Morgan fingerprint density at radius 1 is 1.17 bits per heavy atom. The molecule has 0 aliphatic rings. The standard InChI is InChI=1S/C5H14N2S3.C2H6/c1-8-7-3-5-10-9-4-2-6;1-2/h7H,2-6H2,1H3;1-2H3. The van der Waals surface area contributed by atoms with Gasteiger partial charge >= 0.3 is 0 Å². The summed E-state index contributed by atoms with van der Waals surface area (Å²) in [7, 11) is 3.72. The molecule has 0 bridgehead atoms. The van der Waals surface area contributed by atoms with E-state index in [2.05, 4.69) is 4.72 Å². The molecule has 0 saturated carbocycles. The largest absolute Gasteiger partial charge is 0.330 e. The van der Waals surface area contributed by atoms with Crippen LogP contribution in [0.3, 0.4) is 0 Å². The number of rotatable bonds is 7. The first kappa shape index (κ1) is 15.4. The van der Waals surface area contributed by atoms with Gasteiger partial charge in [0.2, 0.25) is 0 Å². The fourth-order valence-electron chi connectivity index (χ4n) is 0.351. The van der Waals surface area contributed by atoms with Crippen LogP contribution in [-0.2, 0) is 0 Å². The molecule has 0 rings (SSSR count). The van der Waals surface area contributed by atoms with Gasteiger partial charge in [0.1, 0.15) is 0 Å². The third-order valence-corrected chi connectivity index (χ3v) is 3.65. The molecule has 0 aromatic heterocycles. The van der Waals surface area contributed by atoms with E-state index >= 15 is 0 Å².